The fourth-order valence-corrected chi connectivity index (χ4v) is 2.87. The number of alkyl halides is 3. The molecule has 4 nitrogen and oxygen atoms in total. The summed E-state index contributed by atoms with van der Waals surface area (Å²) in [5, 5.41) is 2.61. The van der Waals surface area contributed by atoms with Crippen molar-refractivity contribution >= 4 is 11.8 Å². The number of halogens is 3. The second-order valence-electron chi connectivity index (χ2n) is 5.93. The molecule has 7 heteroatoms. The average molecular weight is 308 g/mol. The lowest BCUT2D eigenvalue weighted by Crippen LogP contribution is -2.71. The van der Waals surface area contributed by atoms with Crippen LogP contribution in [0.3, 0.4) is 0 Å². The van der Waals surface area contributed by atoms with E-state index >= 15 is 0 Å². The smallest absolute Gasteiger partial charge is 0.342 e. The lowest BCUT2D eigenvalue weighted by atomic mass is 9.84. The van der Waals surface area contributed by atoms with Crippen molar-refractivity contribution < 1.29 is 22.8 Å². The van der Waals surface area contributed by atoms with Gasteiger partial charge in [-0.2, -0.15) is 13.2 Å². The Kier molecular flexibility index (Phi) is 5.28. The van der Waals surface area contributed by atoms with Gasteiger partial charge < -0.3 is 10.2 Å². The number of hydrogen-bond donors (Lipinski definition) is 1. The highest BCUT2D eigenvalue weighted by Crippen LogP contribution is 2.33. The van der Waals surface area contributed by atoms with Crippen LogP contribution in [0.4, 0.5) is 13.2 Å². The quantitative estimate of drug-likeness (QED) is 0.848. The van der Waals surface area contributed by atoms with E-state index in [9.17, 15) is 22.8 Å². The standard InChI is InChI=1S/C14H23F3N2O2/c1-5-13(6-2)12(21)18-10(7-9(3)4)11(20)19(13)8-14(15,16)17/h9-10H,5-8H2,1-4H3,(H,18,21). The molecule has 1 N–H and O–H groups in total. The summed E-state index contributed by atoms with van der Waals surface area (Å²) >= 11 is 0. The zero-order valence-electron chi connectivity index (χ0n) is 12.9. The Balaban J connectivity index is 3.17. The van der Waals surface area contributed by atoms with Gasteiger partial charge >= 0.3 is 6.18 Å². The number of carbonyl (C=O) groups excluding carboxylic acids is 2. The number of amides is 2. The molecule has 1 fully saturated rings. The van der Waals surface area contributed by atoms with Crippen molar-refractivity contribution in [3.05, 3.63) is 0 Å². The van der Waals surface area contributed by atoms with Gasteiger partial charge in [-0.3, -0.25) is 9.59 Å². The van der Waals surface area contributed by atoms with Gasteiger partial charge in [0.1, 0.15) is 18.1 Å². The van der Waals surface area contributed by atoms with Gasteiger partial charge in [0.15, 0.2) is 0 Å². The summed E-state index contributed by atoms with van der Waals surface area (Å²) in [6, 6.07) is -0.869. The summed E-state index contributed by atoms with van der Waals surface area (Å²) in [5.41, 5.74) is -1.40. The molecule has 122 valence electrons. The Morgan fingerprint density at radius 3 is 2.14 bits per heavy atom. The van der Waals surface area contributed by atoms with Crippen LogP contribution in [-0.4, -0.2) is 41.0 Å². The highest BCUT2D eigenvalue weighted by atomic mass is 19.4. The zero-order chi connectivity index (χ0) is 16.4. The maximum absolute atomic E-state index is 12.8. The van der Waals surface area contributed by atoms with E-state index in [-0.39, 0.29) is 18.8 Å². The summed E-state index contributed by atoms with van der Waals surface area (Å²) in [5.74, 6) is -1.02. The number of nitrogens with zero attached hydrogens (tertiary/aromatic N) is 1. The van der Waals surface area contributed by atoms with Gasteiger partial charge in [0.2, 0.25) is 11.8 Å². The molecule has 0 aliphatic carbocycles. The molecule has 2 amide bonds. The van der Waals surface area contributed by atoms with Crippen molar-refractivity contribution in [2.24, 2.45) is 5.92 Å². The van der Waals surface area contributed by atoms with Crippen LogP contribution < -0.4 is 5.32 Å². The SMILES string of the molecule is CCC1(CC)C(=O)NC(CC(C)C)C(=O)N1CC(F)(F)F. The number of hydrogen-bond acceptors (Lipinski definition) is 2. The number of piperazine rings is 1. The van der Waals surface area contributed by atoms with Crippen molar-refractivity contribution in [3.8, 4) is 0 Å². The fourth-order valence-electron chi connectivity index (χ4n) is 2.87. The molecule has 1 saturated heterocycles. The minimum atomic E-state index is -4.52. The molecule has 0 saturated carbocycles. The maximum Gasteiger partial charge on any atom is 0.406 e. The second-order valence-corrected chi connectivity index (χ2v) is 5.93. The predicted molar refractivity (Wildman–Crippen MR) is 72.5 cm³/mol. The number of nitrogens with one attached hydrogen (secondary N) is 1. The molecule has 1 atom stereocenters. The van der Waals surface area contributed by atoms with E-state index in [0.29, 0.717) is 6.42 Å². The highest BCUT2D eigenvalue weighted by Gasteiger charge is 2.53. The first kappa shape index (κ1) is 17.8. The van der Waals surface area contributed by atoms with E-state index in [1.165, 1.54) is 0 Å². The summed E-state index contributed by atoms with van der Waals surface area (Å²) < 4.78 is 38.5. The lowest BCUT2D eigenvalue weighted by molar-refractivity contribution is -0.184. The van der Waals surface area contributed by atoms with E-state index in [1.54, 1.807) is 13.8 Å². The summed E-state index contributed by atoms with van der Waals surface area (Å²) in [4.78, 5) is 25.5. The lowest BCUT2D eigenvalue weighted by Gasteiger charge is -2.48. The Morgan fingerprint density at radius 2 is 1.76 bits per heavy atom. The summed E-state index contributed by atoms with van der Waals surface area (Å²) in [6.07, 6.45) is -3.87. The monoisotopic (exact) mass is 308 g/mol. The van der Waals surface area contributed by atoms with Crippen LogP contribution in [0.5, 0.6) is 0 Å². The summed E-state index contributed by atoms with van der Waals surface area (Å²) in [6.45, 7) is 5.59. The van der Waals surface area contributed by atoms with Crippen molar-refractivity contribution in [3.63, 3.8) is 0 Å². The van der Waals surface area contributed by atoms with E-state index < -0.39 is 36.1 Å². The van der Waals surface area contributed by atoms with Gasteiger partial charge in [-0.25, -0.2) is 0 Å². The highest BCUT2D eigenvalue weighted by molar-refractivity contribution is 5.99. The minimum absolute atomic E-state index is 0.0998. The first-order chi connectivity index (χ1) is 9.57. The molecule has 1 heterocycles. The van der Waals surface area contributed by atoms with Crippen LogP contribution in [-0.2, 0) is 9.59 Å². The van der Waals surface area contributed by atoms with Crippen molar-refractivity contribution in [2.75, 3.05) is 6.54 Å². The molecule has 1 rings (SSSR count). The first-order valence-corrected chi connectivity index (χ1v) is 7.26. The Bertz CT molecular complexity index is 404. The van der Waals surface area contributed by atoms with Crippen LogP contribution in [0.2, 0.25) is 0 Å². The van der Waals surface area contributed by atoms with E-state index in [2.05, 4.69) is 5.32 Å². The van der Waals surface area contributed by atoms with Crippen molar-refractivity contribution in [1.29, 1.82) is 0 Å². The van der Waals surface area contributed by atoms with E-state index in [4.69, 9.17) is 0 Å². The van der Waals surface area contributed by atoms with Gasteiger partial charge in [0, 0.05) is 0 Å². The van der Waals surface area contributed by atoms with E-state index in [1.807, 2.05) is 13.8 Å². The molecule has 0 aromatic heterocycles. The molecule has 1 unspecified atom stereocenters. The molecule has 0 spiro atoms. The van der Waals surface area contributed by atoms with Gasteiger partial charge in [-0.05, 0) is 25.2 Å². The fraction of sp³-hybridized carbons (Fsp3) is 0.857. The van der Waals surface area contributed by atoms with Crippen LogP contribution in [0.25, 0.3) is 0 Å². The number of carbonyl (C=O) groups is 2. The normalized spacial score (nSPS) is 22.7. The van der Waals surface area contributed by atoms with Crippen molar-refractivity contribution in [2.45, 2.75) is 64.7 Å². The first-order valence-electron chi connectivity index (χ1n) is 7.26. The van der Waals surface area contributed by atoms with Gasteiger partial charge in [-0.15, -0.1) is 0 Å². The molecular weight excluding hydrogens is 285 g/mol. The van der Waals surface area contributed by atoms with Crippen LogP contribution in [0, 0.1) is 5.92 Å². The molecule has 1 aliphatic rings. The predicted octanol–water partition coefficient (Wildman–Crippen LogP) is 2.48. The van der Waals surface area contributed by atoms with Gasteiger partial charge in [-0.1, -0.05) is 27.7 Å². The molecular formula is C14H23F3N2O2. The Morgan fingerprint density at radius 1 is 1.24 bits per heavy atom. The van der Waals surface area contributed by atoms with Gasteiger partial charge in [0.05, 0.1) is 0 Å². The topological polar surface area (TPSA) is 49.4 Å². The summed E-state index contributed by atoms with van der Waals surface area (Å²) in [7, 11) is 0. The molecule has 0 aromatic carbocycles. The minimum Gasteiger partial charge on any atom is -0.342 e. The second kappa shape index (κ2) is 6.23. The molecule has 1 aliphatic heterocycles. The van der Waals surface area contributed by atoms with E-state index in [0.717, 1.165) is 4.90 Å². The third-order valence-corrected chi connectivity index (χ3v) is 4.02. The van der Waals surface area contributed by atoms with Crippen LogP contribution in [0.15, 0.2) is 0 Å². The largest absolute Gasteiger partial charge is 0.406 e. The zero-order valence-corrected chi connectivity index (χ0v) is 12.9. The Hall–Kier alpha value is -1.27. The molecule has 21 heavy (non-hydrogen) atoms. The van der Waals surface area contributed by atoms with Gasteiger partial charge in [0.25, 0.3) is 0 Å². The Labute approximate surface area is 123 Å². The van der Waals surface area contributed by atoms with Crippen LogP contribution in [0.1, 0.15) is 47.0 Å². The maximum atomic E-state index is 12.8. The molecule has 0 bridgehead atoms. The van der Waals surface area contributed by atoms with Crippen molar-refractivity contribution in [1.82, 2.24) is 10.2 Å². The third kappa shape index (κ3) is 3.68. The average Bonchev–Trinajstić information content (AvgIpc) is 2.34. The molecule has 0 radical (unpaired) electrons. The number of rotatable bonds is 5. The van der Waals surface area contributed by atoms with Crippen LogP contribution >= 0.6 is 0 Å². The molecule has 0 aromatic rings. The third-order valence-electron chi connectivity index (χ3n) is 4.02.